The average Bonchev–Trinajstić information content (AvgIpc) is 3.01. The lowest BCUT2D eigenvalue weighted by molar-refractivity contribution is 0.201. The van der Waals surface area contributed by atoms with Crippen molar-refractivity contribution in [3.05, 3.63) is 149 Å². The number of fused-ring (bicyclic) bond motifs is 1. The average molecular weight is 543 g/mol. The fourth-order valence-corrected chi connectivity index (χ4v) is 6.11. The third kappa shape index (κ3) is 5.22. The van der Waals surface area contributed by atoms with Crippen LogP contribution < -0.4 is 14.5 Å². The Kier molecular flexibility index (Phi) is 7.32. The van der Waals surface area contributed by atoms with Crippen LogP contribution in [0.3, 0.4) is 0 Å². The lowest BCUT2D eigenvalue weighted by Crippen LogP contribution is -2.35. The molecule has 0 amide bonds. The molecule has 4 heteroatoms. The molecule has 208 valence electrons. The molecular formula is C37H38N2O2. The van der Waals surface area contributed by atoms with E-state index in [2.05, 4.69) is 116 Å². The van der Waals surface area contributed by atoms with E-state index in [4.69, 9.17) is 9.47 Å². The van der Waals surface area contributed by atoms with Crippen LogP contribution in [-0.2, 0) is 23.1 Å². The molecule has 4 nitrogen and oxygen atoms in total. The lowest BCUT2D eigenvalue weighted by Gasteiger charge is -2.39. The van der Waals surface area contributed by atoms with Gasteiger partial charge in [0.25, 0.3) is 0 Å². The van der Waals surface area contributed by atoms with Gasteiger partial charge in [-0.3, -0.25) is 0 Å². The fraction of sp³-hybridized carbons (Fsp3) is 0.243. The van der Waals surface area contributed by atoms with Crippen LogP contribution in [0.4, 0.5) is 11.4 Å². The summed E-state index contributed by atoms with van der Waals surface area (Å²) >= 11 is 0. The standard InChI is InChI=1S/C37H38N2O2/c1-5-13-27-19-31(21-29-23-38(25-40-35(27)29)33-15-9-7-10-16-33)37(3,4)32-20-28(14-6-2)36-30(22-32)24-39(26-41-36)34-17-11-8-12-18-34/h5-13,15-18,20-22H,1-2,14,19,23-26H2,3-4H3/b27-13+. The van der Waals surface area contributed by atoms with Crippen molar-refractivity contribution >= 4 is 11.4 Å². The Morgan fingerprint density at radius 1 is 0.854 bits per heavy atom. The van der Waals surface area contributed by atoms with E-state index in [1.807, 2.05) is 18.2 Å². The number of anilines is 2. The highest BCUT2D eigenvalue weighted by molar-refractivity contribution is 5.59. The van der Waals surface area contributed by atoms with Gasteiger partial charge in [0.15, 0.2) is 13.5 Å². The normalized spacial score (nSPS) is 17.7. The van der Waals surface area contributed by atoms with Crippen molar-refractivity contribution in [1.29, 1.82) is 0 Å². The Balaban J connectivity index is 1.38. The van der Waals surface area contributed by atoms with Crippen molar-refractivity contribution in [2.75, 3.05) is 29.8 Å². The summed E-state index contributed by atoms with van der Waals surface area (Å²) in [7, 11) is 0. The zero-order valence-electron chi connectivity index (χ0n) is 24.1. The maximum absolute atomic E-state index is 6.37. The van der Waals surface area contributed by atoms with Crippen molar-refractivity contribution in [1.82, 2.24) is 0 Å². The third-order valence-electron chi connectivity index (χ3n) is 8.46. The molecule has 1 aliphatic carbocycles. The van der Waals surface area contributed by atoms with Crippen LogP contribution in [0.5, 0.6) is 5.75 Å². The molecule has 41 heavy (non-hydrogen) atoms. The first-order valence-corrected chi connectivity index (χ1v) is 14.4. The summed E-state index contributed by atoms with van der Waals surface area (Å²) in [5.74, 6) is 2.01. The minimum atomic E-state index is -0.214. The van der Waals surface area contributed by atoms with E-state index in [0.717, 1.165) is 37.4 Å². The zero-order valence-corrected chi connectivity index (χ0v) is 24.1. The van der Waals surface area contributed by atoms with Gasteiger partial charge in [0.05, 0.1) is 0 Å². The van der Waals surface area contributed by atoms with Crippen LogP contribution >= 0.6 is 0 Å². The number of para-hydroxylation sites is 2. The van der Waals surface area contributed by atoms with Gasteiger partial charge < -0.3 is 19.3 Å². The largest absolute Gasteiger partial charge is 0.472 e. The Hall–Kier alpha value is -4.44. The maximum atomic E-state index is 6.37. The van der Waals surface area contributed by atoms with Gasteiger partial charge in [-0.25, -0.2) is 0 Å². The highest BCUT2D eigenvalue weighted by Gasteiger charge is 2.34. The number of benzene rings is 3. The second-order valence-electron chi connectivity index (χ2n) is 11.5. The third-order valence-corrected chi connectivity index (χ3v) is 8.46. The molecule has 6 rings (SSSR count). The highest BCUT2D eigenvalue weighted by Crippen LogP contribution is 2.45. The van der Waals surface area contributed by atoms with Gasteiger partial charge in [-0.05, 0) is 59.9 Å². The number of hydrogen-bond acceptors (Lipinski definition) is 4. The monoisotopic (exact) mass is 542 g/mol. The first-order valence-electron chi connectivity index (χ1n) is 14.4. The molecule has 2 aliphatic heterocycles. The molecule has 0 saturated carbocycles. The summed E-state index contributed by atoms with van der Waals surface area (Å²) in [6.45, 7) is 15.4. The first-order chi connectivity index (χ1) is 20.0. The van der Waals surface area contributed by atoms with Crippen molar-refractivity contribution < 1.29 is 9.47 Å². The number of allylic oxidation sites excluding steroid dienone is 5. The quantitative estimate of drug-likeness (QED) is 0.281. The minimum absolute atomic E-state index is 0.214. The molecular weight excluding hydrogens is 504 g/mol. The molecule has 3 aromatic carbocycles. The van der Waals surface area contributed by atoms with Gasteiger partial charge in [0.2, 0.25) is 0 Å². The van der Waals surface area contributed by atoms with Crippen LogP contribution in [0.1, 0.15) is 37.0 Å². The van der Waals surface area contributed by atoms with E-state index >= 15 is 0 Å². The van der Waals surface area contributed by atoms with Crippen LogP contribution in [-0.4, -0.2) is 20.0 Å². The summed E-state index contributed by atoms with van der Waals surface area (Å²) in [6, 6.07) is 25.7. The van der Waals surface area contributed by atoms with E-state index in [9.17, 15) is 0 Å². The molecule has 0 fully saturated rings. The summed E-state index contributed by atoms with van der Waals surface area (Å²) in [6.07, 6.45) is 9.93. The van der Waals surface area contributed by atoms with Crippen LogP contribution in [0.15, 0.2) is 133 Å². The molecule has 0 aromatic heterocycles. The van der Waals surface area contributed by atoms with Gasteiger partial charge in [0.1, 0.15) is 11.5 Å². The Labute approximate surface area is 244 Å². The molecule has 2 heterocycles. The summed E-state index contributed by atoms with van der Waals surface area (Å²) in [4.78, 5) is 4.57. The van der Waals surface area contributed by atoms with Gasteiger partial charge >= 0.3 is 0 Å². The Morgan fingerprint density at radius 2 is 1.51 bits per heavy atom. The number of hydrogen-bond donors (Lipinski definition) is 0. The summed E-state index contributed by atoms with van der Waals surface area (Å²) in [5.41, 5.74) is 9.59. The van der Waals surface area contributed by atoms with E-state index < -0.39 is 0 Å². The maximum Gasteiger partial charge on any atom is 0.161 e. The molecule has 0 spiro atoms. The van der Waals surface area contributed by atoms with Crippen molar-refractivity contribution in [2.24, 2.45) is 0 Å². The summed E-state index contributed by atoms with van der Waals surface area (Å²) in [5, 5.41) is 0. The Morgan fingerprint density at radius 3 is 2.17 bits per heavy atom. The van der Waals surface area contributed by atoms with Gasteiger partial charge in [-0.15, -0.1) is 6.58 Å². The molecule has 0 atom stereocenters. The first kappa shape index (κ1) is 26.8. The molecule has 0 bridgehead atoms. The van der Waals surface area contributed by atoms with E-state index in [0.29, 0.717) is 13.5 Å². The van der Waals surface area contributed by atoms with E-state index in [1.165, 1.54) is 44.8 Å². The number of nitrogens with zero attached hydrogens (tertiary/aromatic N) is 2. The molecule has 0 radical (unpaired) electrons. The van der Waals surface area contributed by atoms with E-state index in [1.54, 1.807) is 0 Å². The molecule has 3 aliphatic rings. The Bertz CT molecular complexity index is 1550. The molecule has 3 aromatic rings. The van der Waals surface area contributed by atoms with Gasteiger partial charge in [0, 0.05) is 41.0 Å². The topological polar surface area (TPSA) is 24.9 Å². The lowest BCUT2D eigenvalue weighted by atomic mass is 9.71. The highest BCUT2D eigenvalue weighted by atomic mass is 16.5. The van der Waals surface area contributed by atoms with Crippen LogP contribution in [0.25, 0.3) is 0 Å². The number of ether oxygens (including phenoxy) is 2. The van der Waals surface area contributed by atoms with Crippen LogP contribution in [0, 0.1) is 0 Å². The zero-order chi connectivity index (χ0) is 28.4. The van der Waals surface area contributed by atoms with Crippen molar-refractivity contribution in [2.45, 2.75) is 38.6 Å². The van der Waals surface area contributed by atoms with Crippen LogP contribution in [0.2, 0.25) is 0 Å². The van der Waals surface area contributed by atoms with Gasteiger partial charge in [-0.2, -0.15) is 0 Å². The minimum Gasteiger partial charge on any atom is -0.472 e. The molecule has 0 N–H and O–H groups in total. The fourth-order valence-electron chi connectivity index (χ4n) is 6.11. The van der Waals surface area contributed by atoms with E-state index in [-0.39, 0.29) is 5.41 Å². The van der Waals surface area contributed by atoms with Crippen molar-refractivity contribution in [3.8, 4) is 5.75 Å². The SMILES string of the molecule is C=C/C=C1\CC(C(C)(C)c2cc(CC=C)c3c(c2)CN(c2ccccc2)CO3)=CC2=C1OCN(c1ccccc1)C2. The predicted molar refractivity (Wildman–Crippen MR) is 169 cm³/mol. The molecule has 0 unspecified atom stereocenters. The van der Waals surface area contributed by atoms with Crippen molar-refractivity contribution in [3.63, 3.8) is 0 Å². The number of rotatable bonds is 7. The second kappa shape index (κ2) is 11.2. The van der Waals surface area contributed by atoms with Gasteiger partial charge in [-0.1, -0.05) is 92.8 Å². The predicted octanol–water partition coefficient (Wildman–Crippen LogP) is 8.24. The smallest absolute Gasteiger partial charge is 0.161 e. The second-order valence-corrected chi connectivity index (χ2v) is 11.5. The summed E-state index contributed by atoms with van der Waals surface area (Å²) < 4.78 is 12.7. The molecule has 0 saturated heterocycles.